The van der Waals surface area contributed by atoms with E-state index in [1.807, 2.05) is 29.6 Å². The minimum atomic E-state index is -0.115. The Bertz CT molecular complexity index is 535. The standard InChI is InChI=1S/C17H28N4O2/c1-14-11-19(2)17(18-14)15-12-21(9-10-23-15)16(22)13-20-7-5-3-4-6-8-20/h11,15H,3-10,12-13H2,1-2H3. The first kappa shape index (κ1) is 16.5. The molecule has 6 heteroatoms. The average molecular weight is 320 g/mol. The van der Waals surface area contributed by atoms with Gasteiger partial charge in [0.1, 0.15) is 11.9 Å². The molecule has 0 N–H and O–H groups in total. The van der Waals surface area contributed by atoms with Crippen molar-refractivity contribution >= 4 is 5.91 Å². The number of aromatic nitrogens is 2. The Morgan fingerprint density at radius 3 is 2.65 bits per heavy atom. The van der Waals surface area contributed by atoms with E-state index in [1.54, 1.807) is 0 Å². The number of likely N-dealkylation sites (tertiary alicyclic amines) is 1. The highest BCUT2D eigenvalue weighted by Crippen LogP contribution is 2.21. The Morgan fingerprint density at radius 1 is 1.26 bits per heavy atom. The molecule has 2 aliphatic heterocycles. The van der Waals surface area contributed by atoms with Crippen molar-refractivity contribution in [1.29, 1.82) is 0 Å². The van der Waals surface area contributed by atoms with Gasteiger partial charge >= 0.3 is 0 Å². The fraction of sp³-hybridized carbons (Fsp3) is 0.765. The zero-order chi connectivity index (χ0) is 16.2. The van der Waals surface area contributed by atoms with Crippen LogP contribution in [0.2, 0.25) is 0 Å². The molecule has 0 aliphatic carbocycles. The summed E-state index contributed by atoms with van der Waals surface area (Å²) >= 11 is 0. The predicted octanol–water partition coefficient (Wildman–Crippen LogP) is 1.50. The van der Waals surface area contributed by atoms with Crippen molar-refractivity contribution in [3.8, 4) is 0 Å². The molecule has 2 fully saturated rings. The number of hydrogen-bond acceptors (Lipinski definition) is 4. The van der Waals surface area contributed by atoms with Crippen molar-refractivity contribution in [2.45, 2.75) is 38.7 Å². The molecule has 1 unspecified atom stereocenters. The second kappa shape index (κ2) is 7.45. The van der Waals surface area contributed by atoms with Gasteiger partial charge in [0.2, 0.25) is 5.91 Å². The van der Waals surface area contributed by atoms with Crippen molar-refractivity contribution < 1.29 is 9.53 Å². The van der Waals surface area contributed by atoms with Gasteiger partial charge in [-0.3, -0.25) is 9.69 Å². The lowest BCUT2D eigenvalue weighted by atomic mass is 10.2. The van der Waals surface area contributed by atoms with E-state index in [2.05, 4.69) is 9.88 Å². The molecule has 6 nitrogen and oxygen atoms in total. The summed E-state index contributed by atoms with van der Waals surface area (Å²) in [5, 5.41) is 0. The molecule has 0 bridgehead atoms. The Hall–Kier alpha value is -1.40. The lowest BCUT2D eigenvalue weighted by Crippen LogP contribution is -2.47. The Kier molecular flexibility index (Phi) is 5.33. The molecule has 1 aromatic rings. The number of ether oxygens (including phenoxy) is 1. The largest absolute Gasteiger partial charge is 0.367 e. The normalized spacial score (nSPS) is 23.7. The van der Waals surface area contributed by atoms with E-state index in [-0.39, 0.29) is 12.0 Å². The number of imidazole rings is 1. The number of nitrogens with zero attached hydrogens (tertiary/aromatic N) is 4. The highest BCUT2D eigenvalue weighted by molar-refractivity contribution is 5.78. The fourth-order valence-corrected chi connectivity index (χ4v) is 3.55. The van der Waals surface area contributed by atoms with Gasteiger partial charge in [0.15, 0.2) is 0 Å². The Morgan fingerprint density at radius 2 is 2.00 bits per heavy atom. The average Bonchev–Trinajstić information content (AvgIpc) is 2.74. The summed E-state index contributed by atoms with van der Waals surface area (Å²) < 4.78 is 7.86. The van der Waals surface area contributed by atoms with Crippen molar-refractivity contribution in [1.82, 2.24) is 19.4 Å². The van der Waals surface area contributed by atoms with Crippen LogP contribution in [-0.2, 0) is 16.6 Å². The Balaban J connectivity index is 1.59. The van der Waals surface area contributed by atoms with Gasteiger partial charge in [-0.2, -0.15) is 0 Å². The smallest absolute Gasteiger partial charge is 0.236 e. The van der Waals surface area contributed by atoms with Crippen LogP contribution < -0.4 is 0 Å². The highest BCUT2D eigenvalue weighted by atomic mass is 16.5. The summed E-state index contributed by atoms with van der Waals surface area (Å²) in [6, 6.07) is 0. The van der Waals surface area contributed by atoms with Crippen LogP contribution in [0.1, 0.15) is 43.3 Å². The highest BCUT2D eigenvalue weighted by Gasteiger charge is 2.28. The quantitative estimate of drug-likeness (QED) is 0.847. The molecule has 0 spiro atoms. The minimum Gasteiger partial charge on any atom is -0.367 e. The van der Waals surface area contributed by atoms with Gasteiger partial charge in [-0.05, 0) is 32.9 Å². The van der Waals surface area contributed by atoms with Gasteiger partial charge in [-0.25, -0.2) is 4.98 Å². The molecule has 0 aromatic carbocycles. The predicted molar refractivity (Wildman–Crippen MR) is 88.1 cm³/mol. The third kappa shape index (κ3) is 4.12. The van der Waals surface area contributed by atoms with Gasteiger partial charge in [-0.1, -0.05) is 12.8 Å². The van der Waals surface area contributed by atoms with Gasteiger partial charge in [0, 0.05) is 19.8 Å². The zero-order valence-electron chi connectivity index (χ0n) is 14.3. The van der Waals surface area contributed by atoms with Gasteiger partial charge < -0.3 is 14.2 Å². The van der Waals surface area contributed by atoms with Crippen LogP contribution in [0.4, 0.5) is 0 Å². The van der Waals surface area contributed by atoms with Crippen LogP contribution in [0, 0.1) is 6.92 Å². The molecule has 3 rings (SSSR count). The van der Waals surface area contributed by atoms with E-state index in [0.717, 1.165) is 24.6 Å². The molecular formula is C17H28N4O2. The molecule has 1 aromatic heterocycles. The summed E-state index contributed by atoms with van der Waals surface area (Å²) in [4.78, 5) is 21.5. The number of hydrogen-bond donors (Lipinski definition) is 0. The molecule has 128 valence electrons. The topological polar surface area (TPSA) is 50.6 Å². The van der Waals surface area contributed by atoms with Crippen LogP contribution in [0.25, 0.3) is 0 Å². The SMILES string of the molecule is Cc1cn(C)c(C2CN(C(=O)CN3CCCCCC3)CCO2)n1. The maximum Gasteiger partial charge on any atom is 0.236 e. The van der Waals surface area contributed by atoms with E-state index in [0.29, 0.717) is 26.2 Å². The van der Waals surface area contributed by atoms with Gasteiger partial charge in [0.25, 0.3) is 0 Å². The van der Waals surface area contributed by atoms with Crippen molar-refractivity contribution in [3.05, 3.63) is 17.7 Å². The molecule has 3 heterocycles. The van der Waals surface area contributed by atoms with E-state index >= 15 is 0 Å². The molecular weight excluding hydrogens is 292 g/mol. The summed E-state index contributed by atoms with van der Waals surface area (Å²) in [6.45, 7) is 6.52. The van der Waals surface area contributed by atoms with E-state index < -0.39 is 0 Å². The molecule has 1 amide bonds. The molecule has 23 heavy (non-hydrogen) atoms. The van der Waals surface area contributed by atoms with Gasteiger partial charge in [-0.15, -0.1) is 0 Å². The molecule has 1 atom stereocenters. The molecule has 0 saturated carbocycles. The molecule has 2 aliphatic rings. The summed E-state index contributed by atoms with van der Waals surface area (Å²) in [7, 11) is 1.98. The second-order valence-electron chi connectivity index (χ2n) is 6.74. The van der Waals surface area contributed by atoms with Crippen molar-refractivity contribution in [2.24, 2.45) is 7.05 Å². The first-order valence-electron chi connectivity index (χ1n) is 8.75. The fourth-order valence-electron chi connectivity index (χ4n) is 3.55. The lowest BCUT2D eigenvalue weighted by molar-refractivity contribution is -0.140. The summed E-state index contributed by atoms with van der Waals surface area (Å²) in [5.41, 5.74) is 0.985. The van der Waals surface area contributed by atoms with E-state index in [1.165, 1.54) is 25.7 Å². The summed E-state index contributed by atoms with van der Waals surface area (Å²) in [5.74, 6) is 1.14. The third-order valence-corrected chi connectivity index (χ3v) is 4.80. The number of rotatable bonds is 3. The maximum absolute atomic E-state index is 12.6. The number of carbonyl (C=O) groups is 1. The number of carbonyl (C=O) groups excluding carboxylic acids is 1. The molecule has 0 radical (unpaired) electrons. The van der Waals surface area contributed by atoms with Crippen LogP contribution >= 0.6 is 0 Å². The van der Waals surface area contributed by atoms with Crippen LogP contribution in [0.5, 0.6) is 0 Å². The van der Waals surface area contributed by atoms with Gasteiger partial charge in [0.05, 0.1) is 25.4 Å². The van der Waals surface area contributed by atoms with Crippen LogP contribution in [0.3, 0.4) is 0 Å². The minimum absolute atomic E-state index is 0.115. The van der Waals surface area contributed by atoms with E-state index in [4.69, 9.17) is 4.74 Å². The lowest BCUT2D eigenvalue weighted by Gasteiger charge is -2.34. The third-order valence-electron chi connectivity index (χ3n) is 4.80. The monoisotopic (exact) mass is 320 g/mol. The first-order valence-corrected chi connectivity index (χ1v) is 8.75. The number of amides is 1. The number of aryl methyl sites for hydroxylation is 2. The van der Waals surface area contributed by atoms with Crippen LogP contribution in [-0.4, -0.2) is 64.6 Å². The first-order chi connectivity index (χ1) is 11.1. The van der Waals surface area contributed by atoms with Crippen molar-refractivity contribution in [2.75, 3.05) is 39.3 Å². The Labute approximate surface area is 138 Å². The summed E-state index contributed by atoms with van der Waals surface area (Å²) in [6.07, 6.45) is 6.90. The van der Waals surface area contributed by atoms with Crippen LogP contribution in [0.15, 0.2) is 6.20 Å². The maximum atomic E-state index is 12.6. The second-order valence-corrected chi connectivity index (χ2v) is 6.74. The number of morpholine rings is 1. The van der Waals surface area contributed by atoms with Crippen molar-refractivity contribution in [3.63, 3.8) is 0 Å². The van der Waals surface area contributed by atoms with E-state index in [9.17, 15) is 4.79 Å². The molecule has 2 saturated heterocycles. The zero-order valence-corrected chi connectivity index (χ0v) is 14.3.